The number of hydrogen-bond donors (Lipinski definition) is 1. The lowest BCUT2D eigenvalue weighted by molar-refractivity contribution is -0.126. The smallest absolute Gasteiger partial charge is 0.245 e. The molecule has 0 unspecified atom stereocenters. The van der Waals surface area contributed by atoms with Crippen molar-refractivity contribution in [3.63, 3.8) is 0 Å². The molecule has 1 heterocycles. The summed E-state index contributed by atoms with van der Waals surface area (Å²) in [6.45, 7) is 4.92. The quantitative estimate of drug-likeness (QED) is 0.721. The number of carbonyl (C=O) groups is 1. The van der Waals surface area contributed by atoms with E-state index in [1.165, 1.54) is 22.5 Å². The summed E-state index contributed by atoms with van der Waals surface area (Å²) in [5.41, 5.74) is 0.799. The van der Waals surface area contributed by atoms with Gasteiger partial charge in [-0.05, 0) is 42.7 Å². The fraction of sp³-hybridized carbons (Fsp3) is 0.409. The molecule has 162 valence electrons. The summed E-state index contributed by atoms with van der Waals surface area (Å²) < 4.78 is 40.6. The van der Waals surface area contributed by atoms with E-state index in [0.29, 0.717) is 24.4 Å². The number of amides is 1. The Morgan fingerprint density at radius 2 is 1.73 bits per heavy atom. The molecule has 5 nitrogen and oxygen atoms in total. The van der Waals surface area contributed by atoms with E-state index in [4.69, 9.17) is 11.6 Å². The number of nitrogens with one attached hydrogen (secondary N) is 1. The summed E-state index contributed by atoms with van der Waals surface area (Å²) in [6, 6.07) is 12.9. The van der Waals surface area contributed by atoms with E-state index in [9.17, 15) is 17.6 Å². The predicted octanol–water partition coefficient (Wildman–Crippen LogP) is 3.97. The lowest BCUT2D eigenvalue weighted by Crippen LogP contribution is -2.45. The van der Waals surface area contributed by atoms with E-state index in [1.54, 1.807) is 0 Å². The van der Waals surface area contributed by atoms with E-state index in [0.717, 1.165) is 11.6 Å². The molecule has 2 aromatic carbocycles. The van der Waals surface area contributed by atoms with Gasteiger partial charge in [0.1, 0.15) is 10.7 Å². The Balaban J connectivity index is 1.56. The van der Waals surface area contributed by atoms with Crippen LogP contribution in [0, 0.1) is 11.7 Å². The van der Waals surface area contributed by atoms with Crippen LogP contribution in [0.25, 0.3) is 0 Å². The van der Waals surface area contributed by atoms with Crippen molar-refractivity contribution in [2.45, 2.75) is 37.0 Å². The normalized spacial score (nSPS) is 16.4. The Kier molecular flexibility index (Phi) is 6.84. The first-order valence-electron chi connectivity index (χ1n) is 9.90. The molecule has 1 fully saturated rings. The molecule has 1 N–H and O–H groups in total. The first kappa shape index (κ1) is 22.7. The van der Waals surface area contributed by atoms with Crippen molar-refractivity contribution >= 4 is 27.5 Å². The summed E-state index contributed by atoms with van der Waals surface area (Å²) in [5.74, 6) is -1.11. The minimum absolute atomic E-state index is 0.0834. The molecule has 1 amide bonds. The van der Waals surface area contributed by atoms with Gasteiger partial charge in [0.2, 0.25) is 15.9 Å². The summed E-state index contributed by atoms with van der Waals surface area (Å²) >= 11 is 5.95. The molecule has 0 saturated carbocycles. The molecular weight excluding hydrogens is 427 g/mol. The molecule has 1 saturated heterocycles. The highest BCUT2D eigenvalue weighted by molar-refractivity contribution is 7.89. The van der Waals surface area contributed by atoms with Crippen LogP contribution in [0.4, 0.5) is 4.39 Å². The van der Waals surface area contributed by atoms with Crippen molar-refractivity contribution in [3.05, 3.63) is 64.9 Å². The van der Waals surface area contributed by atoms with Gasteiger partial charge in [0.15, 0.2) is 0 Å². The maximum atomic E-state index is 13.9. The van der Waals surface area contributed by atoms with Crippen molar-refractivity contribution in [2.75, 3.05) is 19.6 Å². The molecule has 0 atom stereocenters. The number of rotatable bonds is 6. The number of nitrogens with zero attached hydrogens (tertiary/aromatic N) is 1. The minimum atomic E-state index is -3.90. The van der Waals surface area contributed by atoms with Crippen LogP contribution in [0.5, 0.6) is 0 Å². The van der Waals surface area contributed by atoms with E-state index >= 15 is 0 Å². The van der Waals surface area contributed by atoms with Crippen molar-refractivity contribution in [3.8, 4) is 0 Å². The predicted molar refractivity (Wildman–Crippen MR) is 115 cm³/mol. The molecule has 0 radical (unpaired) electrons. The molecule has 3 rings (SSSR count). The number of sulfonamides is 1. The molecule has 2 aromatic rings. The fourth-order valence-electron chi connectivity index (χ4n) is 3.61. The van der Waals surface area contributed by atoms with Gasteiger partial charge in [0.05, 0.1) is 0 Å². The molecule has 0 spiro atoms. The largest absolute Gasteiger partial charge is 0.355 e. The molecule has 1 aliphatic rings. The lowest BCUT2D eigenvalue weighted by atomic mass is 9.84. The second kappa shape index (κ2) is 9.04. The maximum Gasteiger partial charge on any atom is 0.245 e. The van der Waals surface area contributed by atoms with Crippen LogP contribution in [-0.4, -0.2) is 38.3 Å². The first-order valence-corrected chi connectivity index (χ1v) is 11.7. The highest BCUT2D eigenvalue weighted by Gasteiger charge is 2.34. The Bertz CT molecular complexity index is 1000. The van der Waals surface area contributed by atoms with Gasteiger partial charge in [0.25, 0.3) is 0 Å². The molecular formula is C22H26ClFN2O3S. The topological polar surface area (TPSA) is 66.5 Å². The highest BCUT2D eigenvalue weighted by atomic mass is 35.5. The van der Waals surface area contributed by atoms with E-state index in [-0.39, 0.29) is 35.2 Å². The SMILES string of the molecule is CC(C)(CNC(=O)C1CCN(S(=O)(=O)c2ccccc2F)CC1)c1ccc(Cl)cc1. The standard InChI is InChI=1S/C22H26ClFN2O3S/c1-22(2,17-7-9-18(23)10-8-17)15-25-21(27)16-11-13-26(14-12-16)30(28,29)20-6-4-3-5-19(20)24/h3-10,16H,11-15H2,1-2H3,(H,25,27). The van der Waals surface area contributed by atoms with Crippen molar-refractivity contribution in [2.24, 2.45) is 5.92 Å². The minimum Gasteiger partial charge on any atom is -0.355 e. The van der Waals surface area contributed by atoms with Crippen LogP contribution in [0.3, 0.4) is 0 Å². The zero-order valence-corrected chi connectivity index (χ0v) is 18.6. The third kappa shape index (κ3) is 5.02. The second-order valence-electron chi connectivity index (χ2n) is 8.22. The van der Waals surface area contributed by atoms with Gasteiger partial charge in [-0.1, -0.05) is 49.7 Å². The van der Waals surface area contributed by atoms with Gasteiger partial charge in [-0.25, -0.2) is 12.8 Å². The Hall–Kier alpha value is -1.96. The molecule has 0 aliphatic carbocycles. The average molecular weight is 453 g/mol. The molecule has 1 aliphatic heterocycles. The Morgan fingerprint density at radius 1 is 1.13 bits per heavy atom. The van der Waals surface area contributed by atoms with Crippen LogP contribution in [-0.2, 0) is 20.2 Å². The van der Waals surface area contributed by atoms with Gasteiger partial charge in [-0.15, -0.1) is 0 Å². The highest BCUT2D eigenvalue weighted by Crippen LogP contribution is 2.27. The van der Waals surface area contributed by atoms with Crippen LogP contribution in [0.1, 0.15) is 32.3 Å². The lowest BCUT2D eigenvalue weighted by Gasteiger charge is -2.32. The monoisotopic (exact) mass is 452 g/mol. The van der Waals surface area contributed by atoms with Crippen LogP contribution in [0.2, 0.25) is 5.02 Å². The molecule has 8 heteroatoms. The number of piperidine rings is 1. The Labute approximate surface area is 182 Å². The number of carbonyl (C=O) groups excluding carboxylic acids is 1. The summed E-state index contributed by atoms with van der Waals surface area (Å²) in [7, 11) is -3.90. The first-order chi connectivity index (χ1) is 14.1. The van der Waals surface area contributed by atoms with Crippen molar-refractivity contribution < 1.29 is 17.6 Å². The Morgan fingerprint density at radius 3 is 2.33 bits per heavy atom. The number of hydrogen-bond acceptors (Lipinski definition) is 3. The average Bonchev–Trinajstić information content (AvgIpc) is 2.72. The van der Waals surface area contributed by atoms with Gasteiger partial charge < -0.3 is 5.32 Å². The van der Waals surface area contributed by atoms with E-state index in [2.05, 4.69) is 5.32 Å². The van der Waals surface area contributed by atoms with Crippen LogP contribution in [0.15, 0.2) is 53.4 Å². The summed E-state index contributed by atoms with van der Waals surface area (Å²) in [5, 5.41) is 3.66. The van der Waals surface area contributed by atoms with Crippen molar-refractivity contribution in [1.82, 2.24) is 9.62 Å². The second-order valence-corrected chi connectivity index (χ2v) is 10.6. The number of halogens is 2. The van der Waals surface area contributed by atoms with Gasteiger partial charge in [0, 0.05) is 36.0 Å². The fourth-order valence-corrected chi connectivity index (χ4v) is 5.27. The van der Waals surface area contributed by atoms with Gasteiger partial charge in [-0.2, -0.15) is 4.31 Å². The van der Waals surface area contributed by atoms with Crippen LogP contribution < -0.4 is 5.32 Å². The summed E-state index contributed by atoms with van der Waals surface area (Å²) in [4.78, 5) is 12.3. The van der Waals surface area contributed by atoms with Gasteiger partial charge >= 0.3 is 0 Å². The maximum absolute atomic E-state index is 13.9. The third-order valence-corrected chi connectivity index (χ3v) is 7.79. The van der Waals surface area contributed by atoms with Crippen molar-refractivity contribution in [1.29, 1.82) is 0 Å². The number of benzene rings is 2. The zero-order valence-electron chi connectivity index (χ0n) is 17.1. The van der Waals surface area contributed by atoms with E-state index < -0.39 is 15.8 Å². The molecule has 0 bridgehead atoms. The molecule has 0 aromatic heterocycles. The van der Waals surface area contributed by atoms with E-state index in [1.807, 2.05) is 38.1 Å². The summed E-state index contributed by atoms with van der Waals surface area (Å²) in [6.07, 6.45) is 0.807. The van der Waals surface area contributed by atoms with Crippen LogP contribution >= 0.6 is 11.6 Å². The third-order valence-electron chi connectivity index (χ3n) is 5.61. The molecule has 30 heavy (non-hydrogen) atoms. The zero-order chi connectivity index (χ0) is 21.9. The van der Waals surface area contributed by atoms with Gasteiger partial charge in [-0.3, -0.25) is 4.79 Å².